The van der Waals surface area contributed by atoms with Gasteiger partial charge in [0.1, 0.15) is 18.2 Å². The second-order valence-corrected chi connectivity index (χ2v) is 7.03. The number of rotatable bonds is 8. The lowest BCUT2D eigenvalue weighted by atomic mass is 10.2. The highest BCUT2D eigenvalue weighted by Crippen LogP contribution is 2.32. The molecule has 4 rings (SSSR count). The molecule has 33 heavy (non-hydrogen) atoms. The van der Waals surface area contributed by atoms with Gasteiger partial charge in [0.05, 0.1) is 12.8 Å². The van der Waals surface area contributed by atoms with E-state index in [0.717, 1.165) is 11.1 Å². The van der Waals surface area contributed by atoms with Crippen LogP contribution in [0.1, 0.15) is 21.5 Å². The van der Waals surface area contributed by atoms with Gasteiger partial charge in [-0.2, -0.15) is 5.10 Å². The second kappa shape index (κ2) is 10.3. The van der Waals surface area contributed by atoms with Gasteiger partial charge in [-0.3, -0.25) is 9.59 Å². The maximum absolute atomic E-state index is 12.9. The van der Waals surface area contributed by atoms with Gasteiger partial charge in [0.25, 0.3) is 11.8 Å². The molecule has 0 saturated heterocycles. The number of halogens is 1. The van der Waals surface area contributed by atoms with E-state index in [9.17, 15) is 14.0 Å². The number of nitrogens with zero attached hydrogens (tertiary/aromatic N) is 1. The Morgan fingerprint density at radius 2 is 1.76 bits per heavy atom. The third kappa shape index (κ3) is 6.07. The minimum absolute atomic E-state index is 0.118. The first-order valence-electron chi connectivity index (χ1n) is 10.0. The molecule has 0 fully saturated rings. The number of carbonyl (C=O) groups excluding carboxylic acids is 2. The zero-order chi connectivity index (χ0) is 23.0. The minimum atomic E-state index is -0.473. The topological polar surface area (TPSA) is 98.3 Å². The highest BCUT2D eigenvalue weighted by molar-refractivity contribution is 5.97. The van der Waals surface area contributed by atoms with E-state index >= 15 is 0 Å². The first kappa shape index (κ1) is 21.8. The van der Waals surface area contributed by atoms with Crippen molar-refractivity contribution in [3.63, 3.8) is 0 Å². The number of ether oxygens (including phenoxy) is 3. The standard InChI is InChI=1S/C24H20FN3O5/c25-19-6-1-17(2-7-19)14-31-20-8-3-16(4-9-20)12-27-28-23(29)13-26-24(30)18-5-10-21-22(11-18)33-15-32-21/h1-12H,13-15H2,(H,26,30)(H,28,29)/b27-12-. The predicted molar refractivity (Wildman–Crippen MR) is 118 cm³/mol. The highest BCUT2D eigenvalue weighted by Gasteiger charge is 2.16. The predicted octanol–water partition coefficient (Wildman–Crippen LogP) is 3.01. The van der Waals surface area contributed by atoms with E-state index < -0.39 is 11.8 Å². The first-order valence-corrected chi connectivity index (χ1v) is 10.0. The van der Waals surface area contributed by atoms with Gasteiger partial charge in [-0.15, -0.1) is 0 Å². The van der Waals surface area contributed by atoms with Crippen molar-refractivity contribution in [3.05, 3.63) is 89.2 Å². The minimum Gasteiger partial charge on any atom is -0.489 e. The summed E-state index contributed by atoms with van der Waals surface area (Å²) in [4.78, 5) is 24.1. The molecule has 168 valence electrons. The Bertz CT molecular complexity index is 1160. The largest absolute Gasteiger partial charge is 0.489 e. The van der Waals surface area contributed by atoms with Crippen LogP contribution in [0, 0.1) is 5.82 Å². The van der Waals surface area contributed by atoms with Crippen LogP contribution < -0.4 is 25.0 Å². The van der Waals surface area contributed by atoms with Crippen molar-refractivity contribution in [1.29, 1.82) is 0 Å². The average Bonchev–Trinajstić information content (AvgIpc) is 3.31. The van der Waals surface area contributed by atoms with Crippen molar-refractivity contribution in [2.24, 2.45) is 5.10 Å². The maximum Gasteiger partial charge on any atom is 0.259 e. The Labute approximate surface area is 189 Å². The van der Waals surface area contributed by atoms with Crippen LogP contribution in [0.3, 0.4) is 0 Å². The molecule has 0 unspecified atom stereocenters. The Balaban J connectivity index is 1.19. The van der Waals surface area contributed by atoms with Gasteiger partial charge in [-0.05, 0) is 65.7 Å². The molecule has 1 aliphatic heterocycles. The molecule has 0 atom stereocenters. The van der Waals surface area contributed by atoms with E-state index in [4.69, 9.17) is 14.2 Å². The molecular weight excluding hydrogens is 429 g/mol. The van der Waals surface area contributed by atoms with Gasteiger partial charge in [0, 0.05) is 5.56 Å². The van der Waals surface area contributed by atoms with Crippen LogP contribution in [0.2, 0.25) is 0 Å². The zero-order valence-corrected chi connectivity index (χ0v) is 17.4. The van der Waals surface area contributed by atoms with Crippen molar-refractivity contribution >= 4 is 18.0 Å². The van der Waals surface area contributed by atoms with E-state index in [1.54, 1.807) is 54.6 Å². The van der Waals surface area contributed by atoms with Crippen LogP contribution in [0.5, 0.6) is 17.2 Å². The van der Waals surface area contributed by atoms with Gasteiger partial charge in [0.15, 0.2) is 11.5 Å². The molecule has 1 heterocycles. The Morgan fingerprint density at radius 3 is 2.55 bits per heavy atom. The maximum atomic E-state index is 12.9. The van der Waals surface area contributed by atoms with Gasteiger partial charge < -0.3 is 19.5 Å². The van der Waals surface area contributed by atoms with E-state index in [1.807, 2.05) is 0 Å². The van der Waals surface area contributed by atoms with Crippen LogP contribution in [0.15, 0.2) is 71.8 Å². The third-order valence-corrected chi connectivity index (χ3v) is 4.65. The van der Waals surface area contributed by atoms with Crippen LogP contribution in [0.25, 0.3) is 0 Å². The molecule has 0 aliphatic carbocycles. The number of fused-ring (bicyclic) bond motifs is 1. The fourth-order valence-electron chi connectivity index (χ4n) is 2.92. The zero-order valence-electron chi connectivity index (χ0n) is 17.4. The van der Waals surface area contributed by atoms with Gasteiger partial charge >= 0.3 is 0 Å². The summed E-state index contributed by atoms with van der Waals surface area (Å²) in [5.74, 6) is 0.534. The van der Waals surface area contributed by atoms with Crippen LogP contribution in [0.4, 0.5) is 4.39 Å². The Morgan fingerprint density at radius 1 is 1.00 bits per heavy atom. The summed E-state index contributed by atoms with van der Waals surface area (Å²) < 4.78 is 29.0. The number of benzene rings is 3. The van der Waals surface area contributed by atoms with Gasteiger partial charge in [0.2, 0.25) is 6.79 Å². The number of hydrogen-bond acceptors (Lipinski definition) is 6. The molecule has 9 heteroatoms. The van der Waals surface area contributed by atoms with Crippen molar-refractivity contribution in [2.75, 3.05) is 13.3 Å². The summed E-state index contributed by atoms with van der Waals surface area (Å²) in [7, 11) is 0. The molecule has 2 amide bonds. The molecule has 0 saturated carbocycles. The van der Waals surface area contributed by atoms with E-state index in [-0.39, 0.29) is 19.2 Å². The number of hydrazone groups is 1. The molecule has 1 aliphatic rings. The van der Waals surface area contributed by atoms with Crippen molar-refractivity contribution in [1.82, 2.24) is 10.7 Å². The lowest BCUT2D eigenvalue weighted by Crippen LogP contribution is -2.34. The number of nitrogens with one attached hydrogen (secondary N) is 2. The molecule has 8 nitrogen and oxygen atoms in total. The molecule has 0 radical (unpaired) electrons. The molecule has 0 bridgehead atoms. The molecule has 0 spiro atoms. The van der Waals surface area contributed by atoms with Crippen molar-refractivity contribution < 1.29 is 28.2 Å². The van der Waals surface area contributed by atoms with Crippen LogP contribution in [-0.2, 0) is 11.4 Å². The number of hydrogen-bond donors (Lipinski definition) is 2. The smallest absolute Gasteiger partial charge is 0.259 e. The summed E-state index contributed by atoms with van der Waals surface area (Å²) in [6.45, 7) is 0.203. The van der Waals surface area contributed by atoms with E-state index in [1.165, 1.54) is 18.3 Å². The van der Waals surface area contributed by atoms with Crippen molar-refractivity contribution in [3.8, 4) is 17.2 Å². The third-order valence-electron chi connectivity index (χ3n) is 4.65. The SMILES string of the molecule is O=C(CNC(=O)c1ccc2c(c1)OCO2)N/N=C\c1ccc(OCc2ccc(F)cc2)cc1. The number of amides is 2. The molecule has 2 N–H and O–H groups in total. The fourth-order valence-corrected chi connectivity index (χ4v) is 2.92. The summed E-state index contributed by atoms with van der Waals surface area (Å²) in [6.07, 6.45) is 1.47. The Kier molecular flexibility index (Phi) is 6.79. The first-order chi connectivity index (χ1) is 16.1. The molecule has 3 aromatic rings. The lowest BCUT2D eigenvalue weighted by Gasteiger charge is -2.06. The molecule has 3 aromatic carbocycles. The lowest BCUT2D eigenvalue weighted by molar-refractivity contribution is -0.120. The molecular formula is C24H20FN3O5. The molecule has 0 aromatic heterocycles. The second-order valence-electron chi connectivity index (χ2n) is 7.03. The normalized spacial score (nSPS) is 11.9. The van der Waals surface area contributed by atoms with E-state index in [2.05, 4.69) is 15.8 Å². The van der Waals surface area contributed by atoms with E-state index in [0.29, 0.717) is 29.4 Å². The van der Waals surface area contributed by atoms with Crippen LogP contribution in [-0.4, -0.2) is 31.4 Å². The van der Waals surface area contributed by atoms with Crippen molar-refractivity contribution in [2.45, 2.75) is 6.61 Å². The van der Waals surface area contributed by atoms with Gasteiger partial charge in [-0.1, -0.05) is 12.1 Å². The van der Waals surface area contributed by atoms with Gasteiger partial charge in [-0.25, -0.2) is 9.82 Å². The summed E-state index contributed by atoms with van der Waals surface area (Å²) >= 11 is 0. The Hall–Kier alpha value is -4.40. The summed E-state index contributed by atoms with van der Waals surface area (Å²) in [5, 5.41) is 6.40. The monoisotopic (exact) mass is 449 g/mol. The fraction of sp³-hybridized carbons (Fsp3) is 0.125. The van der Waals surface area contributed by atoms with Crippen LogP contribution >= 0.6 is 0 Å². The average molecular weight is 449 g/mol. The summed E-state index contributed by atoms with van der Waals surface area (Å²) in [5.41, 5.74) is 4.31. The summed E-state index contributed by atoms with van der Waals surface area (Å²) in [6, 6.07) is 18.0. The number of carbonyl (C=O) groups is 2. The quantitative estimate of drug-likeness (QED) is 0.407. The highest BCUT2D eigenvalue weighted by atomic mass is 19.1.